The zero-order valence-electron chi connectivity index (χ0n) is 9.74. The SMILES string of the molecule is CC1CN=C(C2CCCc3ccccc32)N1. The van der Waals surface area contributed by atoms with Crippen molar-refractivity contribution in [3.8, 4) is 0 Å². The van der Waals surface area contributed by atoms with Crippen LogP contribution in [0.25, 0.3) is 0 Å². The van der Waals surface area contributed by atoms with E-state index in [1.54, 1.807) is 0 Å². The van der Waals surface area contributed by atoms with E-state index in [2.05, 4.69) is 41.5 Å². The molecule has 1 aliphatic carbocycles. The summed E-state index contributed by atoms with van der Waals surface area (Å²) in [6, 6.07) is 9.35. The third-order valence-electron chi connectivity index (χ3n) is 3.63. The Bertz CT molecular complexity index is 422. The molecule has 2 heteroatoms. The molecule has 0 saturated heterocycles. The Balaban J connectivity index is 1.93. The van der Waals surface area contributed by atoms with Gasteiger partial charge >= 0.3 is 0 Å². The van der Waals surface area contributed by atoms with Crippen LogP contribution in [0.3, 0.4) is 0 Å². The summed E-state index contributed by atoms with van der Waals surface area (Å²) in [5.74, 6) is 1.74. The molecule has 2 aliphatic rings. The summed E-state index contributed by atoms with van der Waals surface area (Å²) < 4.78 is 0. The number of hydrogen-bond donors (Lipinski definition) is 1. The molecule has 0 radical (unpaired) electrons. The highest BCUT2D eigenvalue weighted by Crippen LogP contribution is 2.32. The molecule has 1 heterocycles. The van der Waals surface area contributed by atoms with Crippen molar-refractivity contribution in [3.63, 3.8) is 0 Å². The zero-order valence-corrected chi connectivity index (χ0v) is 9.74. The first-order valence-corrected chi connectivity index (χ1v) is 6.23. The molecule has 16 heavy (non-hydrogen) atoms. The summed E-state index contributed by atoms with van der Waals surface area (Å²) in [4.78, 5) is 4.64. The number of nitrogens with zero attached hydrogens (tertiary/aromatic N) is 1. The molecular formula is C14H18N2. The maximum atomic E-state index is 4.64. The van der Waals surface area contributed by atoms with Gasteiger partial charge in [-0.05, 0) is 37.3 Å². The predicted octanol–water partition coefficient (Wildman–Crippen LogP) is 2.50. The van der Waals surface area contributed by atoms with Crippen molar-refractivity contribution in [1.82, 2.24) is 5.32 Å². The Morgan fingerprint density at radius 1 is 1.31 bits per heavy atom. The fourth-order valence-corrected chi connectivity index (χ4v) is 2.83. The monoisotopic (exact) mass is 214 g/mol. The van der Waals surface area contributed by atoms with Crippen LogP contribution in [0.1, 0.15) is 36.8 Å². The van der Waals surface area contributed by atoms with E-state index in [9.17, 15) is 0 Å². The fourth-order valence-electron chi connectivity index (χ4n) is 2.83. The highest BCUT2D eigenvalue weighted by atomic mass is 15.1. The molecule has 3 rings (SSSR count). The van der Waals surface area contributed by atoms with E-state index in [-0.39, 0.29) is 0 Å². The number of benzene rings is 1. The second kappa shape index (κ2) is 3.93. The van der Waals surface area contributed by atoms with Gasteiger partial charge in [0, 0.05) is 12.0 Å². The van der Waals surface area contributed by atoms with E-state index in [4.69, 9.17) is 0 Å². The van der Waals surface area contributed by atoms with Gasteiger partial charge < -0.3 is 5.32 Å². The minimum atomic E-state index is 0.518. The van der Waals surface area contributed by atoms with Gasteiger partial charge in [0.15, 0.2) is 0 Å². The molecule has 0 fully saturated rings. The average molecular weight is 214 g/mol. The average Bonchev–Trinajstić information content (AvgIpc) is 2.75. The molecule has 0 bridgehead atoms. The molecular weight excluding hydrogens is 196 g/mol. The normalized spacial score (nSPS) is 28.2. The lowest BCUT2D eigenvalue weighted by Crippen LogP contribution is -2.32. The Hall–Kier alpha value is -1.31. The van der Waals surface area contributed by atoms with E-state index >= 15 is 0 Å². The van der Waals surface area contributed by atoms with Gasteiger partial charge in [-0.1, -0.05) is 24.3 Å². The molecule has 2 atom stereocenters. The van der Waals surface area contributed by atoms with Crippen molar-refractivity contribution in [1.29, 1.82) is 0 Å². The van der Waals surface area contributed by atoms with Crippen LogP contribution in [-0.4, -0.2) is 18.4 Å². The standard InChI is InChI=1S/C14H18N2/c1-10-9-15-14(16-10)13-8-4-6-11-5-2-3-7-12(11)13/h2-3,5,7,10,13H,4,6,8-9H2,1H3,(H,15,16). The van der Waals surface area contributed by atoms with Crippen molar-refractivity contribution in [2.24, 2.45) is 4.99 Å². The summed E-state index contributed by atoms with van der Waals surface area (Å²) in [6.45, 7) is 3.14. The summed E-state index contributed by atoms with van der Waals surface area (Å²) in [5, 5.41) is 3.51. The quantitative estimate of drug-likeness (QED) is 0.763. The third-order valence-corrected chi connectivity index (χ3v) is 3.63. The fraction of sp³-hybridized carbons (Fsp3) is 0.500. The molecule has 0 spiro atoms. The van der Waals surface area contributed by atoms with Gasteiger partial charge in [0.2, 0.25) is 0 Å². The van der Waals surface area contributed by atoms with Crippen molar-refractivity contribution in [2.75, 3.05) is 6.54 Å². The molecule has 2 unspecified atom stereocenters. The second-order valence-electron chi connectivity index (χ2n) is 4.91. The molecule has 1 aromatic carbocycles. The minimum absolute atomic E-state index is 0.518. The van der Waals surface area contributed by atoms with Gasteiger partial charge in [0.05, 0.1) is 6.54 Å². The maximum Gasteiger partial charge on any atom is 0.104 e. The van der Waals surface area contributed by atoms with E-state index in [1.807, 2.05) is 0 Å². The first kappa shape index (κ1) is 9.88. The number of amidine groups is 1. The molecule has 0 saturated carbocycles. The Morgan fingerprint density at radius 3 is 3.00 bits per heavy atom. The molecule has 1 aromatic rings. The lowest BCUT2D eigenvalue weighted by Gasteiger charge is -2.26. The van der Waals surface area contributed by atoms with Crippen molar-refractivity contribution in [3.05, 3.63) is 35.4 Å². The first-order chi connectivity index (χ1) is 7.84. The van der Waals surface area contributed by atoms with Crippen LogP contribution in [0.4, 0.5) is 0 Å². The Morgan fingerprint density at radius 2 is 2.19 bits per heavy atom. The van der Waals surface area contributed by atoms with E-state index in [0.29, 0.717) is 12.0 Å². The summed E-state index contributed by atoms with van der Waals surface area (Å²) in [5.41, 5.74) is 3.01. The van der Waals surface area contributed by atoms with Gasteiger partial charge in [-0.25, -0.2) is 0 Å². The number of rotatable bonds is 1. The summed E-state index contributed by atoms with van der Waals surface area (Å²) >= 11 is 0. The van der Waals surface area contributed by atoms with Gasteiger partial charge in [0.25, 0.3) is 0 Å². The van der Waals surface area contributed by atoms with Crippen molar-refractivity contribution >= 4 is 5.84 Å². The topological polar surface area (TPSA) is 24.4 Å². The van der Waals surface area contributed by atoms with Gasteiger partial charge in [-0.3, -0.25) is 4.99 Å². The summed E-state index contributed by atoms with van der Waals surface area (Å²) in [7, 11) is 0. The molecule has 0 amide bonds. The van der Waals surface area contributed by atoms with Crippen LogP contribution in [0.5, 0.6) is 0 Å². The van der Waals surface area contributed by atoms with Crippen LogP contribution < -0.4 is 5.32 Å². The smallest absolute Gasteiger partial charge is 0.104 e. The minimum Gasteiger partial charge on any atom is -0.369 e. The highest BCUT2D eigenvalue weighted by Gasteiger charge is 2.27. The number of fused-ring (bicyclic) bond motifs is 1. The maximum absolute atomic E-state index is 4.64. The molecule has 84 valence electrons. The number of aliphatic imine (C=N–C) groups is 1. The first-order valence-electron chi connectivity index (χ1n) is 6.23. The van der Waals surface area contributed by atoms with Crippen LogP contribution in [-0.2, 0) is 6.42 Å². The number of hydrogen-bond acceptors (Lipinski definition) is 2. The van der Waals surface area contributed by atoms with E-state index in [1.165, 1.54) is 36.2 Å². The van der Waals surface area contributed by atoms with Crippen molar-refractivity contribution in [2.45, 2.75) is 38.1 Å². The molecule has 1 aliphatic heterocycles. The Kier molecular flexibility index (Phi) is 2.43. The van der Waals surface area contributed by atoms with Gasteiger partial charge in [-0.2, -0.15) is 0 Å². The largest absolute Gasteiger partial charge is 0.369 e. The van der Waals surface area contributed by atoms with E-state index in [0.717, 1.165) is 6.54 Å². The van der Waals surface area contributed by atoms with Crippen molar-refractivity contribution < 1.29 is 0 Å². The third kappa shape index (κ3) is 1.62. The van der Waals surface area contributed by atoms with Gasteiger partial charge in [0.1, 0.15) is 5.84 Å². The number of aryl methyl sites for hydroxylation is 1. The van der Waals surface area contributed by atoms with E-state index < -0.39 is 0 Å². The zero-order chi connectivity index (χ0) is 11.0. The Labute approximate surface area is 96.8 Å². The van der Waals surface area contributed by atoms with Crippen LogP contribution in [0.2, 0.25) is 0 Å². The van der Waals surface area contributed by atoms with Crippen LogP contribution >= 0.6 is 0 Å². The highest BCUT2D eigenvalue weighted by molar-refractivity contribution is 5.91. The lowest BCUT2D eigenvalue weighted by molar-refractivity contribution is 0.632. The predicted molar refractivity (Wildman–Crippen MR) is 67.0 cm³/mol. The molecule has 0 aromatic heterocycles. The van der Waals surface area contributed by atoms with Crippen LogP contribution in [0.15, 0.2) is 29.3 Å². The second-order valence-corrected chi connectivity index (χ2v) is 4.91. The number of nitrogens with one attached hydrogen (secondary N) is 1. The lowest BCUT2D eigenvalue weighted by atomic mass is 9.82. The molecule has 2 nitrogen and oxygen atoms in total. The van der Waals surface area contributed by atoms with Gasteiger partial charge in [-0.15, -0.1) is 0 Å². The summed E-state index contributed by atoms with van der Waals surface area (Å²) in [6.07, 6.45) is 3.77. The molecule has 1 N–H and O–H groups in total. The van der Waals surface area contributed by atoms with Crippen LogP contribution in [0, 0.1) is 0 Å².